The molecule has 1 aromatic heterocycles. The molecule has 0 aliphatic rings. The van der Waals surface area contributed by atoms with Crippen LogP contribution in [0.15, 0.2) is 54.6 Å². The van der Waals surface area contributed by atoms with Crippen molar-refractivity contribution in [3.05, 3.63) is 54.6 Å². The molecule has 170 valence electrons. The fraction of sp³-hybridized carbons (Fsp3) is 0.238. The summed E-state index contributed by atoms with van der Waals surface area (Å²) in [5.41, 5.74) is 1.76. The Bertz CT molecular complexity index is 1030. The molecular weight excluding hydrogens is 431 g/mol. The number of nitrogens with one attached hydrogen (secondary N) is 1. The number of ether oxygens (including phenoxy) is 3. The van der Waals surface area contributed by atoms with Crippen LogP contribution in [0.2, 0.25) is 0 Å². The summed E-state index contributed by atoms with van der Waals surface area (Å²) in [5.74, 6) is 0.952. The number of hydrogen-bond acceptors (Lipinski definition) is 5. The summed E-state index contributed by atoms with van der Waals surface area (Å²) in [4.78, 5) is 10.4. The van der Waals surface area contributed by atoms with Crippen LogP contribution >= 0.6 is 0 Å². The lowest BCUT2D eigenvalue weighted by atomic mass is 10.1. The Morgan fingerprint density at radius 1 is 1.06 bits per heavy atom. The second-order valence-corrected chi connectivity index (χ2v) is 6.49. The maximum Gasteiger partial charge on any atom is 0.422 e. The van der Waals surface area contributed by atoms with Gasteiger partial charge in [-0.2, -0.15) is 13.2 Å². The molecule has 0 bridgehead atoms. The van der Waals surface area contributed by atoms with E-state index in [-0.39, 0.29) is 19.0 Å². The van der Waals surface area contributed by atoms with Gasteiger partial charge in [0.2, 0.25) is 5.88 Å². The van der Waals surface area contributed by atoms with Crippen LogP contribution in [0.25, 0.3) is 16.9 Å². The highest BCUT2D eigenvalue weighted by molar-refractivity contribution is 5.65. The van der Waals surface area contributed by atoms with Gasteiger partial charge in [-0.15, -0.1) is 5.10 Å². The van der Waals surface area contributed by atoms with Crippen molar-refractivity contribution in [2.45, 2.75) is 6.18 Å². The minimum Gasteiger partial charge on any atom is -0.497 e. The molecule has 1 amide bonds. The van der Waals surface area contributed by atoms with Crippen molar-refractivity contribution in [3.8, 4) is 34.3 Å². The first-order valence-corrected chi connectivity index (χ1v) is 9.39. The Hall–Kier alpha value is -3.89. The van der Waals surface area contributed by atoms with Crippen molar-refractivity contribution in [2.75, 3.05) is 26.9 Å². The molecule has 0 aliphatic heterocycles. The zero-order valence-electron chi connectivity index (χ0n) is 16.9. The predicted molar refractivity (Wildman–Crippen MR) is 109 cm³/mol. The van der Waals surface area contributed by atoms with Crippen molar-refractivity contribution in [1.82, 2.24) is 15.1 Å². The molecule has 0 atom stereocenters. The Kier molecular flexibility index (Phi) is 7.08. The number of nitrogens with zero attached hydrogens (tertiary/aromatic N) is 2. The van der Waals surface area contributed by atoms with E-state index in [4.69, 9.17) is 19.3 Å². The summed E-state index contributed by atoms with van der Waals surface area (Å²) in [6, 6.07) is 15.0. The fourth-order valence-corrected chi connectivity index (χ4v) is 2.76. The van der Waals surface area contributed by atoms with Gasteiger partial charge in [0.15, 0.2) is 6.61 Å². The van der Waals surface area contributed by atoms with E-state index in [1.807, 2.05) is 0 Å². The quantitative estimate of drug-likeness (QED) is 0.475. The van der Waals surface area contributed by atoms with Gasteiger partial charge in [0.05, 0.1) is 25.0 Å². The fourth-order valence-electron chi connectivity index (χ4n) is 2.76. The minimum absolute atomic E-state index is 0.126. The molecule has 32 heavy (non-hydrogen) atoms. The van der Waals surface area contributed by atoms with E-state index in [2.05, 4.69) is 10.4 Å². The van der Waals surface area contributed by atoms with Crippen LogP contribution in [0.3, 0.4) is 0 Å². The SMILES string of the molecule is COc1ccc(-n2nc(OCC(F)(F)F)cc2-c2ccc(OCCNC(=O)O)cc2)cc1. The van der Waals surface area contributed by atoms with Crippen molar-refractivity contribution in [1.29, 1.82) is 0 Å². The number of alkyl halides is 3. The predicted octanol–water partition coefficient (Wildman–Crippen LogP) is 4.14. The molecular formula is C21H20F3N3O5. The summed E-state index contributed by atoms with van der Waals surface area (Å²) < 4.78 is 54.6. The highest BCUT2D eigenvalue weighted by Crippen LogP contribution is 2.30. The summed E-state index contributed by atoms with van der Waals surface area (Å²) in [6.45, 7) is -1.19. The maximum absolute atomic E-state index is 12.6. The lowest BCUT2D eigenvalue weighted by Gasteiger charge is -2.10. The summed E-state index contributed by atoms with van der Waals surface area (Å²) in [5, 5.41) is 14.9. The van der Waals surface area contributed by atoms with Crippen LogP contribution in [0.1, 0.15) is 0 Å². The van der Waals surface area contributed by atoms with Crippen molar-refractivity contribution in [3.63, 3.8) is 0 Å². The van der Waals surface area contributed by atoms with E-state index in [1.54, 1.807) is 48.5 Å². The third-order valence-electron chi connectivity index (χ3n) is 4.18. The minimum atomic E-state index is -4.49. The Morgan fingerprint density at radius 2 is 1.72 bits per heavy atom. The van der Waals surface area contributed by atoms with Gasteiger partial charge in [-0.1, -0.05) is 0 Å². The molecule has 0 radical (unpaired) electrons. The Morgan fingerprint density at radius 3 is 2.31 bits per heavy atom. The Balaban J connectivity index is 1.84. The number of methoxy groups -OCH3 is 1. The van der Waals surface area contributed by atoms with Crippen LogP contribution in [0.4, 0.5) is 18.0 Å². The summed E-state index contributed by atoms with van der Waals surface area (Å²) >= 11 is 0. The molecule has 0 saturated carbocycles. The maximum atomic E-state index is 12.6. The average Bonchev–Trinajstić information content (AvgIpc) is 3.20. The number of amides is 1. The number of halogens is 3. The first-order valence-electron chi connectivity index (χ1n) is 9.39. The molecule has 8 nitrogen and oxygen atoms in total. The van der Waals surface area contributed by atoms with E-state index in [1.165, 1.54) is 17.9 Å². The number of aromatic nitrogens is 2. The van der Waals surface area contributed by atoms with Crippen LogP contribution in [-0.4, -0.2) is 54.0 Å². The summed E-state index contributed by atoms with van der Waals surface area (Å²) in [7, 11) is 1.53. The molecule has 0 aliphatic carbocycles. The van der Waals surface area contributed by atoms with Gasteiger partial charge < -0.3 is 24.6 Å². The molecule has 2 aromatic carbocycles. The van der Waals surface area contributed by atoms with E-state index in [9.17, 15) is 18.0 Å². The van der Waals surface area contributed by atoms with Gasteiger partial charge in [-0.3, -0.25) is 0 Å². The first-order chi connectivity index (χ1) is 15.2. The lowest BCUT2D eigenvalue weighted by molar-refractivity contribution is -0.154. The molecule has 3 rings (SSSR count). The van der Waals surface area contributed by atoms with Crippen LogP contribution < -0.4 is 19.5 Å². The normalized spacial score (nSPS) is 11.1. The largest absolute Gasteiger partial charge is 0.497 e. The Labute approximate surface area is 181 Å². The molecule has 0 saturated heterocycles. The first kappa shape index (κ1) is 22.8. The van der Waals surface area contributed by atoms with Gasteiger partial charge in [0.25, 0.3) is 0 Å². The molecule has 1 heterocycles. The highest BCUT2D eigenvalue weighted by Gasteiger charge is 2.29. The third-order valence-corrected chi connectivity index (χ3v) is 4.18. The molecule has 0 fully saturated rings. The van der Waals surface area contributed by atoms with E-state index >= 15 is 0 Å². The van der Waals surface area contributed by atoms with Crippen molar-refractivity contribution >= 4 is 6.09 Å². The number of hydrogen-bond donors (Lipinski definition) is 2. The van der Waals surface area contributed by atoms with E-state index < -0.39 is 18.9 Å². The topological polar surface area (TPSA) is 94.8 Å². The molecule has 3 aromatic rings. The van der Waals surface area contributed by atoms with Crippen LogP contribution in [-0.2, 0) is 0 Å². The molecule has 11 heteroatoms. The van der Waals surface area contributed by atoms with Gasteiger partial charge in [0, 0.05) is 11.6 Å². The second kappa shape index (κ2) is 9.94. The number of carbonyl (C=O) groups is 1. The van der Waals surface area contributed by atoms with E-state index in [0.717, 1.165) is 0 Å². The zero-order valence-corrected chi connectivity index (χ0v) is 16.9. The van der Waals surface area contributed by atoms with Crippen molar-refractivity contribution in [2.24, 2.45) is 0 Å². The molecule has 2 N–H and O–H groups in total. The highest BCUT2D eigenvalue weighted by atomic mass is 19.4. The number of carboxylic acid groups (broad SMARTS) is 1. The van der Waals surface area contributed by atoms with Crippen LogP contribution in [0, 0.1) is 0 Å². The molecule has 0 spiro atoms. The van der Waals surface area contributed by atoms with Gasteiger partial charge in [-0.25, -0.2) is 9.48 Å². The van der Waals surface area contributed by atoms with E-state index in [0.29, 0.717) is 28.4 Å². The van der Waals surface area contributed by atoms with Gasteiger partial charge in [0.1, 0.15) is 18.1 Å². The second-order valence-electron chi connectivity index (χ2n) is 6.49. The average molecular weight is 451 g/mol. The van der Waals surface area contributed by atoms with Crippen molar-refractivity contribution < 1.29 is 37.3 Å². The lowest BCUT2D eigenvalue weighted by Crippen LogP contribution is -2.26. The smallest absolute Gasteiger partial charge is 0.422 e. The zero-order chi connectivity index (χ0) is 23.1. The van der Waals surface area contributed by atoms with Gasteiger partial charge >= 0.3 is 12.3 Å². The van der Waals surface area contributed by atoms with Crippen LogP contribution in [0.5, 0.6) is 17.4 Å². The summed E-state index contributed by atoms with van der Waals surface area (Å²) in [6.07, 6.45) is -5.63. The number of benzene rings is 2. The van der Waals surface area contributed by atoms with Gasteiger partial charge in [-0.05, 0) is 48.5 Å². The third kappa shape index (κ3) is 6.30. The molecule has 0 unspecified atom stereocenters. The number of rotatable bonds is 9. The standard InChI is InChI=1S/C21H20F3N3O5/c1-30-16-8-4-15(5-9-16)27-18(12-19(26-27)32-13-21(22,23)24)14-2-6-17(7-3-14)31-11-10-25-20(28)29/h2-9,12,25H,10-11,13H2,1H3,(H,28,29). The monoisotopic (exact) mass is 451 g/mol.